The maximum atomic E-state index is 12.4. The summed E-state index contributed by atoms with van der Waals surface area (Å²) >= 11 is 5.91. The molecule has 0 fully saturated rings. The number of nitrogens with one attached hydrogen (secondary N) is 1. The lowest BCUT2D eigenvalue weighted by atomic mass is 10.1. The molecule has 0 saturated heterocycles. The summed E-state index contributed by atoms with van der Waals surface area (Å²) in [4.78, 5) is 12.3. The Morgan fingerprint density at radius 1 is 1.22 bits per heavy atom. The van der Waals surface area contributed by atoms with E-state index in [1.807, 2.05) is 0 Å². The molecule has 0 saturated carbocycles. The number of sulfonamides is 1. The van der Waals surface area contributed by atoms with Crippen LogP contribution in [0.25, 0.3) is 0 Å². The van der Waals surface area contributed by atoms with Gasteiger partial charge in [-0.1, -0.05) is 11.6 Å². The van der Waals surface area contributed by atoms with E-state index in [1.54, 1.807) is 25.1 Å². The fourth-order valence-electron chi connectivity index (χ4n) is 2.02. The Bertz CT molecular complexity index is 866. The Morgan fingerprint density at radius 3 is 2.52 bits per heavy atom. The number of methoxy groups -OCH3 is 1. The summed E-state index contributed by atoms with van der Waals surface area (Å²) in [7, 11) is -2.44. The van der Waals surface area contributed by atoms with Crippen LogP contribution < -0.4 is 15.2 Å². The molecule has 0 atom stereocenters. The van der Waals surface area contributed by atoms with Gasteiger partial charge in [0.15, 0.2) is 0 Å². The highest BCUT2D eigenvalue weighted by atomic mass is 35.5. The molecule has 0 bridgehead atoms. The Labute approximate surface area is 139 Å². The predicted octanol–water partition coefficient (Wildman–Crippen LogP) is 2.56. The minimum atomic E-state index is -3.90. The van der Waals surface area contributed by atoms with Gasteiger partial charge < -0.3 is 10.1 Å². The van der Waals surface area contributed by atoms with Gasteiger partial charge in [0, 0.05) is 10.6 Å². The molecule has 0 spiro atoms. The molecule has 0 aromatic heterocycles. The minimum Gasteiger partial charge on any atom is -0.495 e. The first kappa shape index (κ1) is 17.3. The molecule has 0 aliphatic rings. The fourth-order valence-corrected chi connectivity index (χ4v) is 2.83. The lowest BCUT2D eigenvalue weighted by Crippen LogP contribution is -2.16. The monoisotopic (exact) mass is 354 g/mol. The highest BCUT2D eigenvalue weighted by Crippen LogP contribution is 2.28. The zero-order valence-corrected chi connectivity index (χ0v) is 14.0. The Morgan fingerprint density at radius 2 is 1.91 bits per heavy atom. The molecule has 0 radical (unpaired) electrons. The van der Waals surface area contributed by atoms with Crippen molar-refractivity contribution in [3.63, 3.8) is 0 Å². The van der Waals surface area contributed by atoms with Gasteiger partial charge >= 0.3 is 0 Å². The number of carbonyl (C=O) groups is 1. The standard InChI is InChI=1S/C15H15ClN2O4S/c1-9-5-10(7-12(6-9)23(17,20)21)15(19)18-13-8-11(16)3-4-14(13)22-2/h3-8H,1-2H3,(H,18,19)(H2,17,20,21). The Kier molecular flexibility index (Phi) is 4.93. The van der Waals surface area contributed by atoms with Crippen molar-refractivity contribution in [3.8, 4) is 5.75 Å². The molecule has 0 heterocycles. The normalized spacial score (nSPS) is 11.1. The van der Waals surface area contributed by atoms with Gasteiger partial charge in [-0.25, -0.2) is 13.6 Å². The molecule has 1 amide bonds. The third kappa shape index (κ3) is 4.22. The number of aryl methyl sites for hydroxylation is 1. The van der Waals surface area contributed by atoms with Crippen molar-refractivity contribution in [1.29, 1.82) is 0 Å². The summed E-state index contributed by atoms with van der Waals surface area (Å²) in [5.74, 6) is -0.0683. The number of hydrogen-bond acceptors (Lipinski definition) is 4. The van der Waals surface area contributed by atoms with Gasteiger partial charge in [-0.15, -0.1) is 0 Å². The van der Waals surface area contributed by atoms with Gasteiger partial charge in [0.05, 0.1) is 17.7 Å². The van der Waals surface area contributed by atoms with Crippen LogP contribution in [0.1, 0.15) is 15.9 Å². The van der Waals surface area contributed by atoms with Crippen LogP contribution in [0.15, 0.2) is 41.3 Å². The van der Waals surface area contributed by atoms with Crippen LogP contribution in [0.3, 0.4) is 0 Å². The van der Waals surface area contributed by atoms with E-state index >= 15 is 0 Å². The number of anilines is 1. The molecular formula is C15H15ClN2O4S. The second-order valence-corrected chi connectivity index (χ2v) is 6.88. The maximum absolute atomic E-state index is 12.4. The van der Waals surface area contributed by atoms with Gasteiger partial charge in [0.25, 0.3) is 5.91 Å². The third-order valence-electron chi connectivity index (χ3n) is 3.05. The van der Waals surface area contributed by atoms with E-state index in [-0.39, 0.29) is 10.5 Å². The van der Waals surface area contributed by atoms with Crippen LogP contribution >= 0.6 is 11.6 Å². The molecule has 8 heteroatoms. The predicted molar refractivity (Wildman–Crippen MR) is 88.5 cm³/mol. The maximum Gasteiger partial charge on any atom is 0.255 e. The summed E-state index contributed by atoms with van der Waals surface area (Å²) in [6.07, 6.45) is 0. The van der Waals surface area contributed by atoms with E-state index in [1.165, 1.54) is 25.3 Å². The SMILES string of the molecule is COc1ccc(Cl)cc1NC(=O)c1cc(C)cc(S(N)(=O)=O)c1. The van der Waals surface area contributed by atoms with Gasteiger partial charge in [-0.2, -0.15) is 0 Å². The quantitative estimate of drug-likeness (QED) is 0.881. The average molecular weight is 355 g/mol. The van der Waals surface area contributed by atoms with E-state index in [4.69, 9.17) is 21.5 Å². The van der Waals surface area contributed by atoms with Crippen molar-refractivity contribution in [2.24, 2.45) is 5.14 Å². The summed E-state index contributed by atoms with van der Waals surface area (Å²) in [6.45, 7) is 1.67. The number of amides is 1. The molecular weight excluding hydrogens is 340 g/mol. The Hall–Kier alpha value is -2.09. The average Bonchev–Trinajstić information content (AvgIpc) is 2.46. The highest BCUT2D eigenvalue weighted by molar-refractivity contribution is 7.89. The van der Waals surface area contributed by atoms with Gasteiger partial charge in [-0.3, -0.25) is 4.79 Å². The molecule has 6 nitrogen and oxygen atoms in total. The molecule has 0 aliphatic carbocycles. The van der Waals surface area contributed by atoms with Crippen molar-refractivity contribution in [3.05, 3.63) is 52.5 Å². The van der Waals surface area contributed by atoms with Gasteiger partial charge in [0.2, 0.25) is 10.0 Å². The molecule has 3 N–H and O–H groups in total. The van der Waals surface area contributed by atoms with Crippen LogP contribution in [0.4, 0.5) is 5.69 Å². The van der Waals surface area contributed by atoms with Crippen molar-refractivity contribution in [2.75, 3.05) is 12.4 Å². The molecule has 0 unspecified atom stereocenters. The van der Waals surface area contributed by atoms with Crippen molar-refractivity contribution >= 4 is 33.2 Å². The lowest BCUT2D eigenvalue weighted by molar-refractivity contribution is 0.102. The first-order valence-corrected chi connectivity index (χ1v) is 8.42. The Balaban J connectivity index is 2.39. The number of primary sulfonamides is 1. The third-order valence-corrected chi connectivity index (χ3v) is 4.18. The molecule has 2 aromatic carbocycles. The summed E-state index contributed by atoms with van der Waals surface area (Å²) < 4.78 is 28.1. The molecule has 122 valence electrons. The van der Waals surface area contributed by atoms with Crippen molar-refractivity contribution in [1.82, 2.24) is 0 Å². The van der Waals surface area contributed by atoms with Crippen molar-refractivity contribution < 1.29 is 17.9 Å². The summed E-state index contributed by atoms with van der Waals surface area (Å²) in [6, 6.07) is 8.95. The second kappa shape index (κ2) is 6.57. The van der Waals surface area contributed by atoms with Crippen LogP contribution in [0.2, 0.25) is 5.02 Å². The highest BCUT2D eigenvalue weighted by Gasteiger charge is 2.15. The van der Waals surface area contributed by atoms with Crippen LogP contribution in [0.5, 0.6) is 5.75 Å². The number of benzene rings is 2. The number of nitrogens with two attached hydrogens (primary N) is 1. The van der Waals surface area contributed by atoms with E-state index in [0.29, 0.717) is 22.0 Å². The first-order chi connectivity index (χ1) is 10.7. The lowest BCUT2D eigenvalue weighted by Gasteiger charge is -2.11. The van der Waals surface area contributed by atoms with E-state index < -0.39 is 15.9 Å². The van der Waals surface area contributed by atoms with Gasteiger partial charge in [0.1, 0.15) is 5.75 Å². The first-order valence-electron chi connectivity index (χ1n) is 6.50. The number of rotatable bonds is 4. The number of hydrogen-bond donors (Lipinski definition) is 2. The van der Waals surface area contributed by atoms with Crippen LogP contribution in [-0.2, 0) is 10.0 Å². The smallest absolute Gasteiger partial charge is 0.255 e. The molecule has 2 aromatic rings. The minimum absolute atomic E-state index is 0.124. The summed E-state index contributed by atoms with van der Waals surface area (Å²) in [5, 5.41) is 8.18. The fraction of sp³-hybridized carbons (Fsp3) is 0.133. The second-order valence-electron chi connectivity index (χ2n) is 4.88. The van der Waals surface area contributed by atoms with E-state index in [9.17, 15) is 13.2 Å². The number of ether oxygens (including phenoxy) is 1. The van der Waals surface area contributed by atoms with E-state index in [0.717, 1.165) is 0 Å². The topological polar surface area (TPSA) is 98.5 Å². The van der Waals surface area contributed by atoms with Crippen LogP contribution in [0, 0.1) is 6.92 Å². The van der Waals surface area contributed by atoms with Crippen molar-refractivity contribution in [2.45, 2.75) is 11.8 Å². The largest absolute Gasteiger partial charge is 0.495 e. The number of halogens is 1. The zero-order chi connectivity index (χ0) is 17.2. The molecule has 23 heavy (non-hydrogen) atoms. The summed E-state index contributed by atoms with van der Waals surface area (Å²) in [5.41, 5.74) is 1.14. The van der Waals surface area contributed by atoms with Gasteiger partial charge in [-0.05, 0) is 48.9 Å². The van der Waals surface area contributed by atoms with E-state index in [2.05, 4.69) is 5.32 Å². The van der Waals surface area contributed by atoms with Crippen LogP contribution in [-0.4, -0.2) is 21.4 Å². The molecule has 2 rings (SSSR count). The zero-order valence-electron chi connectivity index (χ0n) is 12.5. The molecule has 0 aliphatic heterocycles. The number of carbonyl (C=O) groups excluding carboxylic acids is 1.